The summed E-state index contributed by atoms with van der Waals surface area (Å²) >= 11 is 0. The number of hydrogen-bond donors (Lipinski definition) is 1. The summed E-state index contributed by atoms with van der Waals surface area (Å²) in [6.45, 7) is 4.77. The lowest BCUT2D eigenvalue weighted by atomic mass is 10.1. The number of hydrogen-bond acceptors (Lipinski definition) is 3. The number of rotatable bonds is 2. The van der Waals surface area contributed by atoms with Crippen molar-refractivity contribution in [2.24, 2.45) is 0 Å². The minimum atomic E-state index is 0.494. The molecule has 0 spiro atoms. The molecule has 1 N–H and O–H groups in total. The molecule has 0 aromatic carbocycles. The van der Waals surface area contributed by atoms with Crippen LogP contribution in [0.15, 0.2) is 0 Å². The number of nitrogens with one attached hydrogen (secondary N) is 1. The monoisotopic (exact) mass is 198 g/mol. The lowest BCUT2D eigenvalue weighted by Gasteiger charge is -2.30. The molecule has 2 fully saturated rings. The second-order valence-corrected chi connectivity index (χ2v) is 4.41. The third-order valence-corrected chi connectivity index (χ3v) is 3.56. The number of ether oxygens (including phenoxy) is 1. The van der Waals surface area contributed by atoms with Gasteiger partial charge in [0, 0.05) is 26.2 Å². The van der Waals surface area contributed by atoms with Crippen LogP contribution in [0.5, 0.6) is 0 Å². The van der Waals surface area contributed by atoms with Crippen LogP contribution in [0, 0.1) is 0 Å². The van der Waals surface area contributed by atoms with Gasteiger partial charge in [-0.1, -0.05) is 0 Å². The van der Waals surface area contributed by atoms with Crippen LogP contribution in [0.1, 0.15) is 25.7 Å². The first-order valence-corrected chi connectivity index (χ1v) is 5.89. The molecule has 1 aliphatic carbocycles. The van der Waals surface area contributed by atoms with Crippen LogP contribution < -0.4 is 5.32 Å². The van der Waals surface area contributed by atoms with Gasteiger partial charge in [-0.2, -0.15) is 0 Å². The van der Waals surface area contributed by atoms with Gasteiger partial charge in [0.2, 0.25) is 0 Å². The van der Waals surface area contributed by atoms with E-state index in [1.807, 2.05) is 7.11 Å². The van der Waals surface area contributed by atoms with Gasteiger partial charge >= 0.3 is 0 Å². The highest BCUT2D eigenvalue weighted by Crippen LogP contribution is 2.26. The zero-order chi connectivity index (χ0) is 9.80. The summed E-state index contributed by atoms with van der Waals surface area (Å²) in [5, 5.41) is 3.45. The molecule has 0 amide bonds. The Morgan fingerprint density at radius 3 is 2.93 bits per heavy atom. The van der Waals surface area contributed by atoms with Crippen molar-refractivity contribution in [1.29, 1.82) is 0 Å². The Morgan fingerprint density at radius 2 is 2.07 bits per heavy atom. The molecule has 1 saturated carbocycles. The highest BCUT2D eigenvalue weighted by Gasteiger charge is 2.31. The van der Waals surface area contributed by atoms with E-state index >= 15 is 0 Å². The van der Waals surface area contributed by atoms with E-state index in [4.69, 9.17) is 4.74 Å². The molecular formula is C11H22N2O. The van der Waals surface area contributed by atoms with Gasteiger partial charge in [0.25, 0.3) is 0 Å². The standard InChI is InChI=1S/C11H22N2O/c1-14-11-5-2-4-10(11)13-8-3-6-12-7-9-13/h10-12H,2-9H2,1H3. The summed E-state index contributed by atoms with van der Waals surface area (Å²) in [6.07, 6.45) is 5.71. The predicted octanol–water partition coefficient (Wildman–Crippen LogP) is 0.849. The maximum absolute atomic E-state index is 5.56. The van der Waals surface area contributed by atoms with E-state index in [1.165, 1.54) is 45.3 Å². The van der Waals surface area contributed by atoms with E-state index in [9.17, 15) is 0 Å². The fraction of sp³-hybridized carbons (Fsp3) is 1.00. The van der Waals surface area contributed by atoms with Crippen molar-refractivity contribution in [3.8, 4) is 0 Å². The van der Waals surface area contributed by atoms with Crippen LogP contribution in [-0.4, -0.2) is 50.3 Å². The minimum Gasteiger partial charge on any atom is -0.380 e. The van der Waals surface area contributed by atoms with E-state index in [2.05, 4.69) is 10.2 Å². The molecule has 2 atom stereocenters. The Labute approximate surface area is 86.8 Å². The zero-order valence-electron chi connectivity index (χ0n) is 9.17. The topological polar surface area (TPSA) is 24.5 Å². The molecule has 0 aromatic rings. The van der Waals surface area contributed by atoms with Gasteiger partial charge in [0.15, 0.2) is 0 Å². The van der Waals surface area contributed by atoms with Crippen molar-refractivity contribution in [2.75, 3.05) is 33.3 Å². The largest absolute Gasteiger partial charge is 0.380 e. The molecular weight excluding hydrogens is 176 g/mol. The summed E-state index contributed by atoms with van der Waals surface area (Å²) < 4.78 is 5.56. The molecule has 1 aliphatic heterocycles. The Bertz CT molecular complexity index is 167. The van der Waals surface area contributed by atoms with Gasteiger partial charge in [-0.05, 0) is 38.8 Å². The van der Waals surface area contributed by atoms with Crippen molar-refractivity contribution in [2.45, 2.75) is 37.8 Å². The number of methoxy groups -OCH3 is 1. The maximum Gasteiger partial charge on any atom is 0.0726 e. The van der Waals surface area contributed by atoms with Crippen LogP contribution in [0.4, 0.5) is 0 Å². The Morgan fingerprint density at radius 1 is 1.14 bits per heavy atom. The summed E-state index contributed by atoms with van der Waals surface area (Å²) in [5.74, 6) is 0. The first kappa shape index (κ1) is 10.4. The van der Waals surface area contributed by atoms with E-state index in [0.29, 0.717) is 12.1 Å². The average Bonchev–Trinajstić information content (AvgIpc) is 2.52. The van der Waals surface area contributed by atoms with Crippen LogP contribution in [0.25, 0.3) is 0 Å². The molecule has 3 heteroatoms. The molecule has 1 saturated heterocycles. The van der Waals surface area contributed by atoms with Crippen LogP contribution >= 0.6 is 0 Å². The Hall–Kier alpha value is -0.120. The molecule has 14 heavy (non-hydrogen) atoms. The van der Waals surface area contributed by atoms with E-state index in [1.54, 1.807) is 0 Å². The van der Waals surface area contributed by atoms with E-state index < -0.39 is 0 Å². The summed E-state index contributed by atoms with van der Waals surface area (Å²) in [4.78, 5) is 2.63. The third-order valence-electron chi connectivity index (χ3n) is 3.56. The molecule has 0 bridgehead atoms. The van der Waals surface area contributed by atoms with E-state index in [-0.39, 0.29) is 0 Å². The predicted molar refractivity (Wildman–Crippen MR) is 57.5 cm³/mol. The fourth-order valence-corrected chi connectivity index (χ4v) is 2.80. The lowest BCUT2D eigenvalue weighted by Crippen LogP contribution is -2.42. The fourth-order valence-electron chi connectivity index (χ4n) is 2.80. The quantitative estimate of drug-likeness (QED) is 0.712. The van der Waals surface area contributed by atoms with Crippen molar-refractivity contribution in [3.05, 3.63) is 0 Å². The first-order valence-electron chi connectivity index (χ1n) is 5.89. The van der Waals surface area contributed by atoms with Crippen molar-refractivity contribution in [1.82, 2.24) is 10.2 Å². The Kier molecular flexibility index (Phi) is 3.79. The lowest BCUT2D eigenvalue weighted by molar-refractivity contribution is 0.0354. The van der Waals surface area contributed by atoms with Gasteiger partial charge in [-0.15, -0.1) is 0 Å². The normalized spacial score (nSPS) is 35.8. The summed E-state index contributed by atoms with van der Waals surface area (Å²) in [7, 11) is 1.86. The SMILES string of the molecule is COC1CCCC1N1CCCNCC1. The van der Waals surface area contributed by atoms with Crippen molar-refractivity contribution < 1.29 is 4.74 Å². The van der Waals surface area contributed by atoms with Crippen molar-refractivity contribution in [3.63, 3.8) is 0 Å². The Balaban J connectivity index is 1.91. The second kappa shape index (κ2) is 5.10. The third kappa shape index (κ3) is 2.27. The molecule has 1 heterocycles. The van der Waals surface area contributed by atoms with E-state index in [0.717, 1.165) is 6.54 Å². The average molecular weight is 198 g/mol. The highest BCUT2D eigenvalue weighted by molar-refractivity contribution is 4.87. The van der Waals surface area contributed by atoms with Gasteiger partial charge < -0.3 is 10.1 Å². The summed E-state index contributed by atoms with van der Waals surface area (Å²) in [5.41, 5.74) is 0. The molecule has 0 radical (unpaired) electrons. The molecule has 82 valence electrons. The van der Waals surface area contributed by atoms with Gasteiger partial charge in [-0.25, -0.2) is 0 Å². The second-order valence-electron chi connectivity index (χ2n) is 4.41. The molecule has 2 unspecified atom stereocenters. The van der Waals surface area contributed by atoms with Crippen LogP contribution in [0.3, 0.4) is 0 Å². The minimum absolute atomic E-state index is 0.494. The smallest absolute Gasteiger partial charge is 0.0726 e. The molecule has 2 rings (SSSR count). The van der Waals surface area contributed by atoms with Gasteiger partial charge in [0.1, 0.15) is 0 Å². The van der Waals surface area contributed by atoms with Crippen LogP contribution in [0.2, 0.25) is 0 Å². The van der Waals surface area contributed by atoms with Crippen molar-refractivity contribution >= 4 is 0 Å². The molecule has 3 nitrogen and oxygen atoms in total. The molecule has 0 aromatic heterocycles. The van der Waals surface area contributed by atoms with Gasteiger partial charge in [-0.3, -0.25) is 4.90 Å². The van der Waals surface area contributed by atoms with Crippen LogP contribution in [-0.2, 0) is 4.74 Å². The summed E-state index contributed by atoms with van der Waals surface area (Å²) in [6, 6.07) is 0.694. The zero-order valence-corrected chi connectivity index (χ0v) is 9.17. The first-order chi connectivity index (χ1) is 6.92. The molecule has 2 aliphatic rings. The maximum atomic E-state index is 5.56. The van der Waals surface area contributed by atoms with Gasteiger partial charge in [0.05, 0.1) is 6.10 Å². The number of nitrogens with zero attached hydrogens (tertiary/aromatic N) is 1. The highest BCUT2D eigenvalue weighted by atomic mass is 16.5.